The second kappa shape index (κ2) is 13.8. The molecular weight excluding hydrogens is 844 g/mol. The van der Waals surface area contributed by atoms with Crippen LogP contribution in [0.5, 0.6) is 0 Å². The van der Waals surface area contributed by atoms with Crippen LogP contribution in [0.15, 0.2) is 85.2 Å². The van der Waals surface area contributed by atoms with E-state index >= 15 is 0 Å². The number of hydrogen-bond acceptors (Lipinski definition) is 4. The fourth-order valence-corrected chi connectivity index (χ4v) is 12.2. The Morgan fingerprint density at radius 2 is 1.63 bits per heavy atom. The van der Waals surface area contributed by atoms with E-state index in [1.807, 2.05) is 24.3 Å². The van der Waals surface area contributed by atoms with E-state index < -0.39 is 25.5 Å². The second-order valence-corrected chi connectivity index (χ2v) is 25.3. The standard InChI is InChI=1S/C24H17FNS2.C15H18GeN.Ir/c25-19-13-26-20(12-15(19)11-14-5-3-6-14)16-8-4-9-18-22(16)28-23-17-7-1-2-10-21(17)27-24(18)23;1-12-10-15(13-8-6-5-7-9-13)17-11-14(12)16(2,3)4;/h1-2,4,7,9-10,12-14H,3,5-6,11H2;5-8,10-11H,1-4H3;/q2*-1;/i11D2;;. The third-order valence-corrected chi connectivity index (χ3v) is 15.5. The summed E-state index contributed by atoms with van der Waals surface area (Å²) in [6.45, 7) is 2.19. The normalized spacial score (nSPS) is 14.3. The number of benzene rings is 3. The van der Waals surface area contributed by atoms with Crippen LogP contribution in [-0.2, 0) is 26.5 Å². The zero-order valence-corrected chi connectivity index (χ0v) is 32.3. The van der Waals surface area contributed by atoms with E-state index in [1.54, 1.807) is 28.7 Å². The minimum absolute atomic E-state index is 0. The van der Waals surface area contributed by atoms with Crippen molar-refractivity contribution in [3.63, 3.8) is 0 Å². The SMILES string of the molecule is Cc1cc(-c2[c-]cccc2)nc[c]1[Ge]([CH3])([CH3])[CH3].[2H]C([2H])(c1cc(-c2[c-]ccc3c2sc2c4ccccc4sc32)ncc1F)C1CCC1.[Ir]. The Morgan fingerprint density at radius 1 is 0.870 bits per heavy atom. The molecule has 8 rings (SSSR count). The van der Waals surface area contributed by atoms with Crippen LogP contribution in [0.1, 0.15) is 33.1 Å². The molecule has 0 bridgehead atoms. The van der Waals surface area contributed by atoms with Crippen LogP contribution in [0.2, 0.25) is 17.3 Å². The maximum Gasteiger partial charge on any atom is 0.142 e. The third kappa shape index (κ3) is 6.65. The van der Waals surface area contributed by atoms with Crippen molar-refractivity contribution in [1.82, 2.24) is 9.97 Å². The van der Waals surface area contributed by atoms with Crippen molar-refractivity contribution >= 4 is 69.9 Å². The number of aryl methyl sites for hydroxylation is 1. The summed E-state index contributed by atoms with van der Waals surface area (Å²) in [5, 5.41) is 2.40. The fourth-order valence-electron chi connectivity index (χ4n) is 5.86. The van der Waals surface area contributed by atoms with Gasteiger partial charge in [0.15, 0.2) is 0 Å². The zero-order chi connectivity index (χ0) is 32.9. The second-order valence-electron chi connectivity index (χ2n) is 12.7. The van der Waals surface area contributed by atoms with Crippen LogP contribution >= 0.6 is 22.7 Å². The van der Waals surface area contributed by atoms with Crippen LogP contribution in [0.4, 0.5) is 4.39 Å². The molecule has 1 fully saturated rings. The summed E-state index contributed by atoms with van der Waals surface area (Å²) in [5.74, 6) is 6.51. The molecule has 1 radical (unpaired) electrons. The average Bonchev–Trinajstić information content (AvgIpc) is 3.57. The van der Waals surface area contributed by atoms with Crippen molar-refractivity contribution in [2.75, 3.05) is 0 Å². The first-order valence-corrected chi connectivity index (χ1v) is 24.3. The number of rotatable bonds is 5. The van der Waals surface area contributed by atoms with E-state index in [4.69, 9.17) is 2.74 Å². The number of aromatic nitrogens is 2. The Hall–Kier alpha value is -2.74. The molecule has 7 aromatic rings. The molecule has 3 aromatic carbocycles. The maximum atomic E-state index is 14.6. The van der Waals surface area contributed by atoms with Gasteiger partial charge in [-0.1, -0.05) is 48.9 Å². The minimum atomic E-state index is -1.77. The molecule has 7 heteroatoms. The van der Waals surface area contributed by atoms with Crippen LogP contribution < -0.4 is 4.40 Å². The molecule has 0 aliphatic heterocycles. The summed E-state index contributed by atoms with van der Waals surface area (Å²) in [6, 6.07) is 30.7. The average molecular weight is 882 g/mol. The largest absolute Gasteiger partial charge is 0.302 e. The zero-order valence-electron chi connectivity index (χ0n) is 28.2. The molecule has 1 aliphatic rings. The Labute approximate surface area is 297 Å². The molecule has 2 nitrogen and oxygen atoms in total. The number of fused-ring (bicyclic) bond motifs is 5. The number of thiophene rings is 2. The van der Waals surface area contributed by atoms with Gasteiger partial charge in [-0.05, 0) is 34.3 Å². The van der Waals surface area contributed by atoms with E-state index in [0.717, 1.165) is 46.2 Å². The summed E-state index contributed by atoms with van der Waals surface area (Å²) in [6.07, 6.45) is 4.18. The molecule has 4 aromatic heterocycles. The molecule has 4 heterocycles. The third-order valence-electron chi connectivity index (χ3n) is 8.43. The summed E-state index contributed by atoms with van der Waals surface area (Å²) in [7, 11) is 0. The van der Waals surface area contributed by atoms with Gasteiger partial charge in [-0.15, -0.1) is 35.1 Å². The molecule has 0 saturated heterocycles. The monoisotopic (exact) mass is 883 g/mol. The summed E-state index contributed by atoms with van der Waals surface area (Å²) >= 11 is 1.72. The quantitative estimate of drug-likeness (QED) is 0.127. The maximum absolute atomic E-state index is 14.6. The molecule has 0 atom stereocenters. The van der Waals surface area contributed by atoms with Crippen LogP contribution in [-0.4, -0.2) is 23.2 Å². The molecular formula is C39H35FGeIrN2S2-2. The number of hydrogen-bond donors (Lipinski definition) is 0. The van der Waals surface area contributed by atoms with Crippen molar-refractivity contribution < 1.29 is 27.2 Å². The minimum Gasteiger partial charge on any atom is -0.302 e. The van der Waals surface area contributed by atoms with E-state index in [9.17, 15) is 4.39 Å². The van der Waals surface area contributed by atoms with Gasteiger partial charge in [0.25, 0.3) is 0 Å². The van der Waals surface area contributed by atoms with Crippen molar-refractivity contribution in [2.24, 2.45) is 5.92 Å². The van der Waals surface area contributed by atoms with Gasteiger partial charge in [0, 0.05) is 42.3 Å². The van der Waals surface area contributed by atoms with Gasteiger partial charge in [-0.3, -0.25) is 0 Å². The first kappa shape index (κ1) is 30.6. The Bertz CT molecular complexity index is 2240. The van der Waals surface area contributed by atoms with Crippen molar-refractivity contribution in [3.8, 4) is 22.5 Å². The molecule has 0 N–H and O–H groups in total. The van der Waals surface area contributed by atoms with E-state index in [0.29, 0.717) is 5.69 Å². The van der Waals surface area contributed by atoms with Crippen LogP contribution in [0.25, 0.3) is 52.1 Å². The van der Waals surface area contributed by atoms with E-state index in [1.165, 1.54) is 35.6 Å². The molecule has 46 heavy (non-hydrogen) atoms. The van der Waals surface area contributed by atoms with E-state index in [2.05, 4.69) is 95.0 Å². The first-order valence-electron chi connectivity index (χ1n) is 16.4. The number of halogens is 1. The number of pyridine rings is 2. The van der Waals surface area contributed by atoms with Crippen molar-refractivity contribution in [2.45, 2.75) is 49.8 Å². The van der Waals surface area contributed by atoms with Gasteiger partial charge in [-0.25, -0.2) is 4.39 Å². The summed E-state index contributed by atoms with van der Waals surface area (Å²) in [5.41, 5.74) is 4.99. The Morgan fingerprint density at radius 3 is 2.35 bits per heavy atom. The molecule has 0 unspecified atom stereocenters. The molecule has 0 spiro atoms. The van der Waals surface area contributed by atoms with Crippen LogP contribution in [0, 0.1) is 30.8 Å². The predicted molar refractivity (Wildman–Crippen MR) is 194 cm³/mol. The summed E-state index contributed by atoms with van der Waals surface area (Å²) < 4.78 is 38.0. The number of nitrogens with zero attached hydrogens (tertiary/aromatic N) is 2. The van der Waals surface area contributed by atoms with Crippen molar-refractivity contribution in [3.05, 3.63) is 114 Å². The van der Waals surface area contributed by atoms with Gasteiger partial charge < -0.3 is 4.98 Å². The molecule has 235 valence electrons. The van der Waals surface area contributed by atoms with E-state index in [-0.39, 0.29) is 31.6 Å². The van der Waals surface area contributed by atoms with Gasteiger partial charge in [0.2, 0.25) is 0 Å². The molecule has 0 amide bonds. The van der Waals surface area contributed by atoms with Gasteiger partial charge >= 0.3 is 106 Å². The van der Waals surface area contributed by atoms with Gasteiger partial charge in [0.05, 0.1) is 6.20 Å². The predicted octanol–water partition coefficient (Wildman–Crippen LogP) is 11.0. The topological polar surface area (TPSA) is 25.8 Å². The smallest absolute Gasteiger partial charge is 0.142 e. The fraction of sp³-hybridized carbons (Fsp3) is 0.231. The van der Waals surface area contributed by atoms with Gasteiger partial charge in [-0.2, -0.15) is 11.3 Å². The molecule has 1 aliphatic carbocycles. The summed E-state index contributed by atoms with van der Waals surface area (Å²) in [4.78, 5) is 8.92. The van der Waals surface area contributed by atoms with Crippen molar-refractivity contribution in [1.29, 1.82) is 0 Å². The van der Waals surface area contributed by atoms with Gasteiger partial charge in [0.1, 0.15) is 5.82 Å². The van der Waals surface area contributed by atoms with Crippen LogP contribution in [0.3, 0.4) is 0 Å². The first-order chi connectivity index (χ1) is 22.5. The molecule has 1 saturated carbocycles. The Kier molecular flexibility index (Phi) is 9.16. The Balaban J connectivity index is 0.000000191.